The zero-order valence-corrected chi connectivity index (χ0v) is 12.7. The first-order chi connectivity index (χ1) is 10.5. The fourth-order valence-corrected chi connectivity index (χ4v) is 2.53. The van der Waals surface area contributed by atoms with Crippen molar-refractivity contribution in [3.05, 3.63) is 53.3 Å². The molecule has 0 aliphatic heterocycles. The van der Waals surface area contributed by atoms with Crippen molar-refractivity contribution in [2.45, 2.75) is 6.92 Å². The van der Waals surface area contributed by atoms with Crippen LogP contribution in [0.15, 0.2) is 42.6 Å². The first-order valence-corrected chi connectivity index (χ1v) is 7.04. The summed E-state index contributed by atoms with van der Waals surface area (Å²) in [5.74, 6) is 0.682. The molecule has 110 valence electrons. The number of hydrogen-bond donors (Lipinski definition) is 2. The van der Waals surface area contributed by atoms with Gasteiger partial charge in [0.25, 0.3) is 0 Å². The monoisotopic (exact) mass is 311 g/mol. The summed E-state index contributed by atoms with van der Waals surface area (Å²) in [6.45, 7) is 1.89. The highest BCUT2D eigenvalue weighted by Gasteiger charge is 2.15. The standard InChI is InChI=1S/C16H14ClN5/c1-9-14(11-5-6-13(18)20-8-11)15(22-16(19)21-9)10-3-2-4-12(17)7-10/h2-8H,1H3,(H2,18,20)(H2,19,21,22). The number of nitrogen functional groups attached to an aromatic ring is 2. The Morgan fingerprint density at radius 2 is 1.82 bits per heavy atom. The lowest BCUT2D eigenvalue weighted by atomic mass is 9.99. The van der Waals surface area contributed by atoms with E-state index in [0.717, 1.165) is 28.1 Å². The van der Waals surface area contributed by atoms with Crippen LogP contribution >= 0.6 is 11.6 Å². The minimum atomic E-state index is 0.222. The third kappa shape index (κ3) is 2.71. The molecule has 22 heavy (non-hydrogen) atoms. The molecule has 6 heteroatoms. The van der Waals surface area contributed by atoms with Crippen LogP contribution in [0.4, 0.5) is 11.8 Å². The van der Waals surface area contributed by atoms with Gasteiger partial charge in [-0.05, 0) is 31.2 Å². The van der Waals surface area contributed by atoms with Gasteiger partial charge in [-0.15, -0.1) is 0 Å². The highest BCUT2D eigenvalue weighted by molar-refractivity contribution is 6.30. The molecule has 3 aromatic rings. The Morgan fingerprint density at radius 1 is 1.00 bits per heavy atom. The van der Waals surface area contributed by atoms with E-state index in [2.05, 4.69) is 15.0 Å². The Morgan fingerprint density at radius 3 is 2.50 bits per heavy atom. The fraction of sp³-hybridized carbons (Fsp3) is 0.0625. The van der Waals surface area contributed by atoms with E-state index in [4.69, 9.17) is 23.1 Å². The SMILES string of the molecule is Cc1nc(N)nc(-c2cccc(Cl)c2)c1-c1ccc(N)nc1. The molecular weight excluding hydrogens is 298 g/mol. The van der Waals surface area contributed by atoms with Gasteiger partial charge in [-0.25, -0.2) is 15.0 Å². The largest absolute Gasteiger partial charge is 0.384 e. The third-order valence-corrected chi connectivity index (χ3v) is 3.52. The zero-order chi connectivity index (χ0) is 15.7. The van der Waals surface area contributed by atoms with Crippen molar-refractivity contribution in [3.8, 4) is 22.4 Å². The second kappa shape index (κ2) is 5.61. The van der Waals surface area contributed by atoms with Crippen molar-refractivity contribution in [1.29, 1.82) is 0 Å². The summed E-state index contributed by atoms with van der Waals surface area (Å²) in [6, 6.07) is 11.1. The van der Waals surface area contributed by atoms with Crippen molar-refractivity contribution in [3.63, 3.8) is 0 Å². The summed E-state index contributed by atoms with van der Waals surface area (Å²) in [4.78, 5) is 12.8. The molecule has 2 aromatic heterocycles. The number of hydrogen-bond acceptors (Lipinski definition) is 5. The van der Waals surface area contributed by atoms with Gasteiger partial charge in [-0.2, -0.15) is 0 Å². The summed E-state index contributed by atoms with van der Waals surface area (Å²) in [7, 11) is 0. The summed E-state index contributed by atoms with van der Waals surface area (Å²) in [5.41, 5.74) is 15.6. The van der Waals surface area contributed by atoms with Gasteiger partial charge in [0.2, 0.25) is 5.95 Å². The first-order valence-electron chi connectivity index (χ1n) is 6.66. The number of nitrogens with zero attached hydrogens (tertiary/aromatic N) is 3. The fourth-order valence-electron chi connectivity index (χ4n) is 2.34. The quantitative estimate of drug-likeness (QED) is 0.757. The molecule has 0 amide bonds. The van der Waals surface area contributed by atoms with E-state index < -0.39 is 0 Å². The maximum absolute atomic E-state index is 6.09. The predicted octanol–water partition coefficient (Wildman–Crippen LogP) is 3.33. The van der Waals surface area contributed by atoms with Crippen LogP contribution in [0.2, 0.25) is 5.02 Å². The van der Waals surface area contributed by atoms with Gasteiger partial charge in [0.15, 0.2) is 0 Å². The van der Waals surface area contributed by atoms with Gasteiger partial charge >= 0.3 is 0 Å². The minimum Gasteiger partial charge on any atom is -0.384 e. The van der Waals surface area contributed by atoms with E-state index >= 15 is 0 Å². The van der Waals surface area contributed by atoms with E-state index in [1.165, 1.54) is 0 Å². The smallest absolute Gasteiger partial charge is 0.220 e. The van der Waals surface area contributed by atoms with E-state index in [1.54, 1.807) is 12.3 Å². The van der Waals surface area contributed by atoms with Gasteiger partial charge in [0.05, 0.1) is 11.4 Å². The number of aromatic nitrogens is 3. The van der Waals surface area contributed by atoms with Gasteiger partial charge in [0, 0.05) is 27.9 Å². The number of halogens is 1. The Labute approximate surface area is 133 Å². The lowest BCUT2D eigenvalue weighted by Crippen LogP contribution is -2.02. The molecule has 3 rings (SSSR count). The van der Waals surface area contributed by atoms with Gasteiger partial charge < -0.3 is 11.5 Å². The summed E-state index contributed by atoms with van der Waals surface area (Å²) >= 11 is 6.09. The molecule has 0 aliphatic rings. The van der Waals surface area contributed by atoms with Crippen LogP contribution in [0, 0.1) is 6.92 Å². The van der Waals surface area contributed by atoms with Crippen molar-refractivity contribution in [2.24, 2.45) is 0 Å². The maximum atomic E-state index is 6.09. The van der Waals surface area contributed by atoms with Gasteiger partial charge in [0.1, 0.15) is 5.82 Å². The van der Waals surface area contributed by atoms with Crippen LogP contribution in [-0.4, -0.2) is 15.0 Å². The molecule has 0 unspecified atom stereocenters. The van der Waals surface area contributed by atoms with Crippen molar-refractivity contribution >= 4 is 23.4 Å². The van der Waals surface area contributed by atoms with Crippen LogP contribution in [-0.2, 0) is 0 Å². The summed E-state index contributed by atoms with van der Waals surface area (Å²) in [5, 5.41) is 0.633. The molecule has 1 aromatic carbocycles. The molecule has 0 radical (unpaired) electrons. The average molecular weight is 312 g/mol. The lowest BCUT2D eigenvalue weighted by Gasteiger charge is -2.13. The topological polar surface area (TPSA) is 90.7 Å². The van der Waals surface area contributed by atoms with Gasteiger partial charge in [-0.3, -0.25) is 0 Å². The average Bonchev–Trinajstić information content (AvgIpc) is 2.48. The Hall–Kier alpha value is -2.66. The van der Waals surface area contributed by atoms with Crippen LogP contribution in [0.3, 0.4) is 0 Å². The minimum absolute atomic E-state index is 0.222. The molecule has 0 spiro atoms. The molecule has 0 saturated heterocycles. The molecule has 0 aliphatic carbocycles. The van der Waals surface area contributed by atoms with E-state index in [0.29, 0.717) is 10.8 Å². The highest BCUT2D eigenvalue weighted by Crippen LogP contribution is 2.33. The van der Waals surface area contributed by atoms with Crippen molar-refractivity contribution < 1.29 is 0 Å². The maximum Gasteiger partial charge on any atom is 0.220 e. The molecule has 4 N–H and O–H groups in total. The highest BCUT2D eigenvalue weighted by atomic mass is 35.5. The van der Waals surface area contributed by atoms with E-state index in [1.807, 2.05) is 37.3 Å². The van der Waals surface area contributed by atoms with Crippen molar-refractivity contribution in [2.75, 3.05) is 11.5 Å². The number of nitrogens with two attached hydrogens (primary N) is 2. The predicted molar refractivity (Wildman–Crippen MR) is 89.3 cm³/mol. The molecule has 0 atom stereocenters. The van der Waals surface area contributed by atoms with Crippen molar-refractivity contribution in [1.82, 2.24) is 15.0 Å². The Kier molecular flexibility index (Phi) is 3.65. The van der Waals surface area contributed by atoms with Crippen LogP contribution < -0.4 is 11.5 Å². The first kappa shape index (κ1) is 14.3. The molecule has 0 bridgehead atoms. The van der Waals surface area contributed by atoms with E-state index in [-0.39, 0.29) is 5.95 Å². The number of rotatable bonds is 2. The molecule has 0 saturated carbocycles. The third-order valence-electron chi connectivity index (χ3n) is 3.28. The summed E-state index contributed by atoms with van der Waals surface area (Å²) < 4.78 is 0. The molecular formula is C16H14ClN5. The molecule has 0 fully saturated rings. The van der Waals surface area contributed by atoms with Crippen LogP contribution in [0.5, 0.6) is 0 Å². The van der Waals surface area contributed by atoms with Crippen LogP contribution in [0.25, 0.3) is 22.4 Å². The zero-order valence-electron chi connectivity index (χ0n) is 11.9. The second-order valence-electron chi connectivity index (χ2n) is 4.87. The number of aryl methyl sites for hydroxylation is 1. The van der Waals surface area contributed by atoms with Gasteiger partial charge in [-0.1, -0.05) is 23.7 Å². The number of anilines is 2. The Bertz CT molecular complexity index is 830. The number of benzene rings is 1. The normalized spacial score (nSPS) is 10.6. The Balaban J connectivity index is 2.27. The number of pyridine rings is 1. The second-order valence-corrected chi connectivity index (χ2v) is 5.31. The lowest BCUT2D eigenvalue weighted by molar-refractivity contribution is 1.12. The molecule has 5 nitrogen and oxygen atoms in total. The van der Waals surface area contributed by atoms with Crippen LogP contribution in [0.1, 0.15) is 5.69 Å². The van der Waals surface area contributed by atoms with E-state index in [9.17, 15) is 0 Å². The summed E-state index contributed by atoms with van der Waals surface area (Å²) in [6.07, 6.45) is 1.70. The molecule has 2 heterocycles.